The molecule has 5 heteroatoms. The smallest absolute Gasteiger partial charge is 0.248 e. The van der Waals surface area contributed by atoms with Crippen molar-refractivity contribution >= 4 is 27.5 Å². The molecular formula is C13H14BrN3O. The third kappa shape index (κ3) is 2.79. The number of carbonyl (C=O) groups excluding carboxylic acids is 1. The minimum Gasteiger partial charge on any atom is -0.324 e. The monoisotopic (exact) mass is 307 g/mol. The number of aromatic nitrogens is 2. The van der Waals surface area contributed by atoms with Gasteiger partial charge in [-0.05, 0) is 37.6 Å². The predicted octanol–water partition coefficient (Wildman–Crippen LogP) is 3.15. The van der Waals surface area contributed by atoms with E-state index in [1.54, 1.807) is 23.1 Å². The maximum absolute atomic E-state index is 12.1. The number of halogens is 1. The van der Waals surface area contributed by atoms with Gasteiger partial charge in [-0.1, -0.05) is 22.0 Å². The molecule has 1 aromatic carbocycles. The number of hydrogen-bond acceptors (Lipinski definition) is 2. The van der Waals surface area contributed by atoms with Crippen molar-refractivity contribution in [2.45, 2.75) is 19.9 Å². The van der Waals surface area contributed by atoms with Crippen molar-refractivity contribution in [3.63, 3.8) is 0 Å². The Morgan fingerprint density at radius 1 is 1.50 bits per heavy atom. The Kier molecular flexibility index (Phi) is 3.81. The van der Waals surface area contributed by atoms with Gasteiger partial charge in [0.2, 0.25) is 5.91 Å². The Morgan fingerprint density at radius 3 is 2.94 bits per heavy atom. The molecule has 1 amide bonds. The van der Waals surface area contributed by atoms with Gasteiger partial charge in [0.05, 0.1) is 0 Å². The Hall–Kier alpha value is -1.62. The third-order valence-corrected chi connectivity index (χ3v) is 3.25. The molecule has 2 aromatic rings. The molecule has 0 saturated carbocycles. The lowest BCUT2D eigenvalue weighted by atomic mass is 10.2. The van der Waals surface area contributed by atoms with Gasteiger partial charge in [0.25, 0.3) is 0 Å². The summed E-state index contributed by atoms with van der Waals surface area (Å²) in [5, 5.41) is 6.97. The molecule has 1 aromatic heterocycles. The molecule has 4 nitrogen and oxygen atoms in total. The standard InChI is InChI=1S/C13H14BrN3O/c1-9-4-5-11(14)8-12(9)16-13(18)10(2)17-7-3-6-15-17/h3-8,10H,1-2H3,(H,16,18). The van der Waals surface area contributed by atoms with Crippen LogP contribution < -0.4 is 5.32 Å². The second kappa shape index (κ2) is 5.35. The average molecular weight is 308 g/mol. The first-order valence-electron chi connectivity index (χ1n) is 5.64. The second-order valence-electron chi connectivity index (χ2n) is 4.11. The Morgan fingerprint density at radius 2 is 2.28 bits per heavy atom. The van der Waals surface area contributed by atoms with Crippen LogP contribution in [0.15, 0.2) is 41.1 Å². The molecule has 1 N–H and O–H groups in total. The highest BCUT2D eigenvalue weighted by Gasteiger charge is 2.15. The summed E-state index contributed by atoms with van der Waals surface area (Å²) < 4.78 is 2.57. The highest BCUT2D eigenvalue weighted by molar-refractivity contribution is 9.10. The fourth-order valence-electron chi connectivity index (χ4n) is 1.60. The largest absolute Gasteiger partial charge is 0.324 e. The predicted molar refractivity (Wildman–Crippen MR) is 74.4 cm³/mol. The minimum absolute atomic E-state index is 0.0834. The van der Waals surface area contributed by atoms with E-state index in [0.29, 0.717) is 0 Å². The fourth-order valence-corrected chi connectivity index (χ4v) is 1.96. The van der Waals surface area contributed by atoms with Crippen molar-refractivity contribution in [2.24, 2.45) is 0 Å². The van der Waals surface area contributed by atoms with E-state index in [4.69, 9.17) is 0 Å². The summed E-state index contributed by atoms with van der Waals surface area (Å²) in [7, 11) is 0. The molecule has 0 aliphatic carbocycles. The van der Waals surface area contributed by atoms with Crippen LogP contribution in [0.1, 0.15) is 18.5 Å². The number of nitrogens with one attached hydrogen (secondary N) is 1. The van der Waals surface area contributed by atoms with E-state index >= 15 is 0 Å². The number of hydrogen-bond donors (Lipinski definition) is 1. The normalized spacial score (nSPS) is 12.2. The number of amides is 1. The summed E-state index contributed by atoms with van der Waals surface area (Å²) in [5.41, 5.74) is 1.84. The first-order valence-corrected chi connectivity index (χ1v) is 6.43. The molecule has 18 heavy (non-hydrogen) atoms. The van der Waals surface area contributed by atoms with Crippen LogP contribution in [0.4, 0.5) is 5.69 Å². The van der Waals surface area contributed by atoms with Gasteiger partial charge in [0.15, 0.2) is 0 Å². The van der Waals surface area contributed by atoms with E-state index in [2.05, 4.69) is 26.3 Å². The molecule has 1 heterocycles. The van der Waals surface area contributed by atoms with Crippen LogP contribution in [0.5, 0.6) is 0 Å². The Bertz CT molecular complexity index is 551. The zero-order valence-electron chi connectivity index (χ0n) is 10.2. The fraction of sp³-hybridized carbons (Fsp3) is 0.231. The van der Waals surface area contributed by atoms with Crippen molar-refractivity contribution in [2.75, 3.05) is 5.32 Å². The zero-order valence-corrected chi connectivity index (χ0v) is 11.8. The quantitative estimate of drug-likeness (QED) is 0.947. The Labute approximate surface area is 114 Å². The van der Waals surface area contributed by atoms with Crippen LogP contribution in [-0.2, 0) is 4.79 Å². The maximum atomic E-state index is 12.1. The van der Waals surface area contributed by atoms with Gasteiger partial charge in [-0.2, -0.15) is 5.10 Å². The highest BCUT2D eigenvalue weighted by atomic mass is 79.9. The molecule has 0 aliphatic rings. The summed E-state index contributed by atoms with van der Waals surface area (Å²) in [6, 6.07) is 7.26. The van der Waals surface area contributed by atoms with Crippen LogP contribution in [0, 0.1) is 6.92 Å². The van der Waals surface area contributed by atoms with Gasteiger partial charge in [-0.15, -0.1) is 0 Å². The lowest BCUT2D eigenvalue weighted by Gasteiger charge is -2.14. The van der Waals surface area contributed by atoms with Gasteiger partial charge in [0.1, 0.15) is 6.04 Å². The van der Waals surface area contributed by atoms with Crippen molar-refractivity contribution < 1.29 is 4.79 Å². The second-order valence-corrected chi connectivity index (χ2v) is 5.03. The van der Waals surface area contributed by atoms with Crippen molar-refractivity contribution in [3.05, 3.63) is 46.7 Å². The third-order valence-electron chi connectivity index (χ3n) is 2.76. The molecule has 94 valence electrons. The maximum Gasteiger partial charge on any atom is 0.248 e. The zero-order chi connectivity index (χ0) is 13.1. The van der Waals surface area contributed by atoms with Crippen molar-refractivity contribution in [3.8, 4) is 0 Å². The molecule has 0 saturated heterocycles. The summed E-state index contributed by atoms with van der Waals surface area (Å²) in [4.78, 5) is 12.1. The summed E-state index contributed by atoms with van der Waals surface area (Å²) in [5.74, 6) is -0.0834. The Balaban J connectivity index is 2.14. The number of aryl methyl sites for hydroxylation is 1. The van der Waals surface area contributed by atoms with Crippen molar-refractivity contribution in [1.29, 1.82) is 0 Å². The van der Waals surface area contributed by atoms with Gasteiger partial charge in [-0.3, -0.25) is 9.48 Å². The molecule has 0 radical (unpaired) electrons. The summed E-state index contributed by atoms with van der Waals surface area (Å²) in [6.07, 6.45) is 3.44. The molecule has 0 aliphatic heterocycles. The number of carbonyl (C=O) groups is 1. The molecule has 1 atom stereocenters. The van der Waals surface area contributed by atoms with E-state index < -0.39 is 0 Å². The SMILES string of the molecule is Cc1ccc(Br)cc1NC(=O)C(C)n1cccn1. The van der Waals surface area contributed by atoms with Crippen molar-refractivity contribution in [1.82, 2.24) is 9.78 Å². The molecule has 1 unspecified atom stereocenters. The number of rotatable bonds is 3. The van der Waals surface area contributed by atoms with E-state index in [1.807, 2.05) is 32.0 Å². The van der Waals surface area contributed by atoms with E-state index in [-0.39, 0.29) is 11.9 Å². The van der Waals surface area contributed by atoms with E-state index in [9.17, 15) is 4.79 Å². The van der Waals surface area contributed by atoms with Gasteiger partial charge < -0.3 is 5.32 Å². The first kappa shape index (κ1) is 12.8. The van der Waals surface area contributed by atoms with Crippen LogP contribution in [-0.4, -0.2) is 15.7 Å². The molecule has 0 fully saturated rings. The molecule has 0 spiro atoms. The molecule has 0 bridgehead atoms. The average Bonchev–Trinajstić information content (AvgIpc) is 2.86. The summed E-state index contributed by atoms with van der Waals surface area (Å²) >= 11 is 3.39. The number of benzene rings is 1. The topological polar surface area (TPSA) is 46.9 Å². The van der Waals surface area contributed by atoms with Crippen LogP contribution >= 0.6 is 15.9 Å². The van der Waals surface area contributed by atoms with Gasteiger partial charge in [-0.25, -0.2) is 0 Å². The van der Waals surface area contributed by atoms with E-state index in [1.165, 1.54) is 0 Å². The van der Waals surface area contributed by atoms with Gasteiger partial charge in [0, 0.05) is 22.6 Å². The van der Waals surface area contributed by atoms with Crippen LogP contribution in [0.3, 0.4) is 0 Å². The lowest BCUT2D eigenvalue weighted by Crippen LogP contribution is -2.24. The molecular weight excluding hydrogens is 294 g/mol. The van der Waals surface area contributed by atoms with Crippen LogP contribution in [0.2, 0.25) is 0 Å². The minimum atomic E-state index is -0.335. The summed E-state index contributed by atoms with van der Waals surface area (Å²) in [6.45, 7) is 3.77. The molecule has 2 rings (SSSR count). The number of anilines is 1. The lowest BCUT2D eigenvalue weighted by molar-refractivity contribution is -0.119. The highest BCUT2D eigenvalue weighted by Crippen LogP contribution is 2.21. The van der Waals surface area contributed by atoms with Crippen LogP contribution in [0.25, 0.3) is 0 Å². The van der Waals surface area contributed by atoms with Gasteiger partial charge >= 0.3 is 0 Å². The van der Waals surface area contributed by atoms with E-state index in [0.717, 1.165) is 15.7 Å². The first-order chi connectivity index (χ1) is 8.58. The number of nitrogens with zero attached hydrogens (tertiary/aromatic N) is 2.